The molecule has 0 amide bonds. The Balaban J connectivity index is 2.11. The minimum Gasteiger partial charge on any atom is -0.306 e. The van der Waals surface area contributed by atoms with Gasteiger partial charge < -0.3 is 5.32 Å². The summed E-state index contributed by atoms with van der Waals surface area (Å²) in [6, 6.07) is 12.4. The van der Waals surface area contributed by atoms with Crippen molar-refractivity contribution in [2.45, 2.75) is 19.9 Å². The van der Waals surface area contributed by atoms with E-state index in [1.54, 1.807) is 0 Å². The molecule has 0 aliphatic rings. The van der Waals surface area contributed by atoms with E-state index in [4.69, 9.17) is 11.6 Å². The van der Waals surface area contributed by atoms with Crippen molar-refractivity contribution >= 4 is 17.1 Å². The third kappa shape index (κ3) is 2.67. The number of aromatic nitrogens is 2. The van der Waals surface area contributed by atoms with Crippen molar-refractivity contribution in [1.29, 1.82) is 0 Å². The van der Waals surface area contributed by atoms with Crippen LogP contribution in [0.25, 0.3) is 5.52 Å². The molecule has 0 saturated heterocycles. The smallest absolute Gasteiger partial charge is 0.0712 e. The van der Waals surface area contributed by atoms with E-state index < -0.39 is 0 Å². The third-order valence-electron chi connectivity index (χ3n) is 3.70. The minimum absolute atomic E-state index is 0.0907. The number of nitrogens with one attached hydrogen (secondary N) is 1. The van der Waals surface area contributed by atoms with Crippen LogP contribution in [0.1, 0.15) is 29.7 Å². The van der Waals surface area contributed by atoms with Gasteiger partial charge in [-0.25, -0.2) is 4.52 Å². The molecule has 0 radical (unpaired) electrons. The molecule has 4 heteroatoms. The van der Waals surface area contributed by atoms with E-state index in [1.165, 1.54) is 0 Å². The summed E-state index contributed by atoms with van der Waals surface area (Å²) in [5.41, 5.74) is 4.53. The molecule has 0 saturated carbocycles. The number of halogens is 1. The van der Waals surface area contributed by atoms with Gasteiger partial charge in [-0.05, 0) is 42.8 Å². The van der Waals surface area contributed by atoms with Gasteiger partial charge in [-0.15, -0.1) is 0 Å². The van der Waals surface area contributed by atoms with E-state index in [2.05, 4.69) is 35.5 Å². The topological polar surface area (TPSA) is 29.3 Å². The maximum absolute atomic E-state index is 6.29. The Morgan fingerprint density at radius 1 is 1.29 bits per heavy atom. The Kier molecular flexibility index (Phi) is 3.95. The summed E-state index contributed by atoms with van der Waals surface area (Å²) in [5.74, 6) is 0. The molecular weight excluding hydrogens is 282 g/mol. The summed E-state index contributed by atoms with van der Waals surface area (Å²) in [7, 11) is 0. The summed E-state index contributed by atoms with van der Waals surface area (Å²) in [6.07, 6.45) is 3.89. The number of hydrogen-bond donors (Lipinski definition) is 1. The Hall–Kier alpha value is -1.84. The van der Waals surface area contributed by atoms with Gasteiger partial charge in [0.1, 0.15) is 0 Å². The van der Waals surface area contributed by atoms with Crippen molar-refractivity contribution in [1.82, 2.24) is 14.9 Å². The quantitative estimate of drug-likeness (QED) is 0.789. The van der Waals surface area contributed by atoms with Crippen molar-refractivity contribution in [3.63, 3.8) is 0 Å². The highest BCUT2D eigenvalue weighted by Crippen LogP contribution is 2.28. The maximum atomic E-state index is 6.29. The first-order valence-electron chi connectivity index (χ1n) is 7.12. The van der Waals surface area contributed by atoms with Crippen LogP contribution in [0.2, 0.25) is 5.02 Å². The average Bonchev–Trinajstić information content (AvgIpc) is 2.92. The second kappa shape index (κ2) is 5.88. The fourth-order valence-corrected chi connectivity index (χ4v) is 2.77. The molecular formula is C17H18ClN3. The second-order valence-corrected chi connectivity index (χ2v) is 5.54. The molecule has 3 rings (SSSR count). The van der Waals surface area contributed by atoms with Gasteiger partial charge in [0.2, 0.25) is 0 Å². The number of pyridine rings is 1. The number of hydrogen-bond acceptors (Lipinski definition) is 2. The molecule has 1 N–H and O–H groups in total. The summed E-state index contributed by atoms with van der Waals surface area (Å²) in [6.45, 7) is 5.00. The van der Waals surface area contributed by atoms with Crippen LogP contribution in [0.15, 0.2) is 48.8 Å². The summed E-state index contributed by atoms with van der Waals surface area (Å²) < 4.78 is 1.90. The third-order valence-corrected chi connectivity index (χ3v) is 4.11. The lowest BCUT2D eigenvalue weighted by atomic mass is 9.98. The highest BCUT2D eigenvalue weighted by atomic mass is 35.5. The summed E-state index contributed by atoms with van der Waals surface area (Å²) in [5, 5.41) is 8.76. The fourth-order valence-electron chi connectivity index (χ4n) is 2.58. The zero-order valence-electron chi connectivity index (χ0n) is 12.2. The molecule has 0 bridgehead atoms. The van der Waals surface area contributed by atoms with Crippen LogP contribution in [-0.2, 0) is 0 Å². The van der Waals surface area contributed by atoms with Gasteiger partial charge in [0.05, 0.1) is 17.8 Å². The predicted molar refractivity (Wildman–Crippen MR) is 86.9 cm³/mol. The first kappa shape index (κ1) is 14.1. The molecule has 108 valence electrons. The summed E-state index contributed by atoms with van der Waals surface area (Å²) >= 11 is 6.29. The van der Waals surface area contributed by atoms with Gasteiger partial charge in [0, 0.05) is 16.8 Å². The van der Waals surface area contributed by atoms with Gasteiger partial charge in [0.15, 0.2) is 0 Å². The van der Waals surface area contributed by atoms with Crippen LogP contribution in [0.5, 0.6) is 0 Å². The molecule has 0 fully saturated rings. The SMILES string of the molecule is CCNC(c1ccc(C)c(Cl)c1)c1cnn2ccccc12. The fraction of sp³-hybridized carbons (Fsp3) is 0.235. The zero-order valence-corrected chi connectivity index (χ0v) is 12.9. The van der Waals surface area contributed by atoms with Crippen LogP contribution < -0.4 is 5.32 Å². The lowest BCUT2D eigenvalue weighted by molar-refractivity contribution is 0.634. The van der Waals surface area contributed by atoms with Crippen LogP contribution in [0, 0.1) is 6.92 Å². The molecule has 3 aromatic rings. The van der Waals surface area contributed by atoms with E-state index in [-0.39, 0.29) is 6.04 Å². The molecule has 1 unspecified atom stereocenters. The number of aryl methyl sites for hydroxylation is 1. The first-order valence-corrected chi connectivity index (χ1v) is 7.50. The van der Waals surface area contributed by atoms with Crippen LogP contribution in [0.3, 0.4) is 0 Å². The molecule has 0 aliphatic carbocycles. The van der Waals surface area contributed by atoms with Gasteiger partial charge in [-0.2, -0.15) is 5.10 Å². The van der Waals surface area contributed by atoms with Gasteiger partial charge >= 0.3 is 0 Å². The predicted octanol–water partition coefficient (Wildman–Crippen LogP) is 4.00. The second-order valence-electron chi connectivity index (χ2n) is 5.13. The van der Waals surface area contributed by atoms with Gasteiger partial charge in [-0.1, -0.05) is 36.7 Å². The highest BCUT2D eigenvalue weighted by Gasteiger charge is 2.18. The van der Waals surface area contributed by atoms with Crippen LogP contribution >= 0.6 is 11.6 Å². The van der Waals surface area contributed by atoms with E-state index in [1.807, 2.05) is 42.0 Å². The van der Waals surface area contributed by atoms with Crippen LogP contribution in [-0.4, -0.2) is 16.2 Å². The molecule has 0 spiro atoms. The minimum atomic E-state index is 0.0907. The average molecular weight is 300 g/mol. The molecule has 2 aromatic heterocycles. The Bertz CT molecular complexity index is 764. The zero-order chi connectivity index (χ0) is 14.8. The first-order chi connectivity index (χ1) is 10.2. The monoisotopic (exact) mass is 299 g/mol. The van der Waals surface area contributed by atoms with Gasteiger partial charge in [0.25, 0.3) is 0 Å². The Morgan fingerprint density at radius 3 is 2.90 bits per heavy atom. The van der Waals surface area contributed by atoms with E-state index >= 15 is 0 Å². The molecule has 1 aromatic carbocycles. The molecule has 21 heavy (non-hydrogen) atoms. The molecule has 3 nitrogen and oxygen atoms in total. The van der Waals surface area contributed by atoms with Gasteiger partial charge in [-0.3, -0.25) is 0 Å². The lowest BCUT2D eigenvalue weighted by Crippen LogP contribution is -2.21. The summed E-state index contributed by atoms with van der Waals surface area (Å²) in [4.78, 5) is 0. The lowest BCUT2D eigenvalue weighted by Gasteiger charge is -2.18. The van der Waals surface area contributed by atoms with Crippen molar-refractivity contribution in [2.75, 3.05) is 6.54 Å². The number of benzene rings is 1. The number of fused-ring (bicyclic) bond motifs is 1. The Labute approximate surface area is 129 Å². The number of rotatable bonds is 4. The van der Waals surface area contributed by atoms with Crippen LogP contribution in [0.4, 0.5) is 0 Å². The van der Waals surface area contributed by atoms with Crippen molar-refractivity contribution in [3.8, 4) is 0 Å². The largest absolute Gasteiger partial charge is 0.306 e. The molecule has 2 heterocycles. The van der Waals surface area contributed by atoms with E-state index in [9.17, 15) is 0 Å². The number of nitrogens with zero attached hydrogens (tertiary/aromatic N) is 2. The highest BCUT2D eigenvalue weighted by molar-refractivity contribution is 6.31. The van der Waals surface area contributed by atoms with Crippen molar-refractivity contribution < 1.29 is 0 Å². The van der Waals surface area contributed by atoms with Crippen molar-refractivity contribution in [2.24, 2.45) is 0 Å². The maximum Gasteiger partial charge on any atom is 0.0712 e. The van der Waals surface area contributed by atoms with E-state index in [0.717, 1.165) is 33.8 Å². The molecule has 1 atom stereocenters. The van der Waals surface area contributed by atoms with E-state index in [0.29, 0.717) is 0 Å². The standard InChI is InChI=1S/C17H18ClN3/c1-3-19-17(13-8-7-12(2)15(18)10-13)14-11-20-21-9-5-4-6-16(14)21/h4-11,17,19H,3H2,1-2H3. The van der Waals surface area contributed by atoms with Crippen molar-refractivity contribution in [3.05, 3.63) is 70.5 Å². The Morgan fingerprint density at radius 2 is 2.14 bits per heavy atom. The normalized spacial score (nSPS) is 12.7. The molecule has 0 aliphatic heterocycles.